The smallest absolute Gasteiger partial charge is 0.257 e. The Labute approximate surface area is 170 Å². The molecule has 0 bridgehead atoms. The Kier molecular flexibility index (Phi) is 8.25. The lowest BCUT2D eigenvalue weighted by Gasteiger charge is -2.23. The van der Waals surface area contributed by atoms with E-state index in [2.05, 4.69) is 16.0 Å². The average molecular weight is 406 g/mol. The zero-order valence-electron chi connectivity index (χ0n) is 15.6. The first-order chi connectivity index (χ1) is 13.2. The number of hydrogen-bond acceptors (Lipinski definition) is 5. The highest BCUT2D eigenvalue weighted by Gasteiger charge is 2.19. The van der Waals surface area contributed by atoms with Gasteiger partial charge in [-0.05, 0) is 24.3 Å². The first-order valence-electron chi connectivity index (χ1n) is 8.81. The third-order valence-corrected chi connectivity index (χ3v) is 4.20. The second-order valence-electron chi connectivity index (χ2n) is 6.21. The summed E-state index contributed by atoms with van der Waals surface area (Å²) in [5, 5.41) is 8.89. The lowest BCUT2D eigenvalue weighted by molar-refractivity contribution is -0.117. The van der Waals surface area contributed by atoms with Gasteiger partial charge in [0, 0.05) is 30.8 Å². The quantitative estimate of drug-likeness (QED) is 0.687. The van der Waals surface area contributed by atoms with Crippen molar-refractivity contribution in [2.75, 3.05) is 37.5 Å². The monoisotopic (exact) mass is 405 g/mol. The van der Waals surface area contributed by atoms with Crippen molar-refractivity contribution in [2.24, 2.45) is 0 Å². The van der Waals surface area contributed by atoms with E-state index >= 15 is 0 Å². The van der Waals surface area contributed by atoms with Crippen molar-refractivity contribution in [1.82, 2.24) is 5.32 Å². The molecule has 8 heteroatoms. The molecule has 2 aromatic rings. The zero-order chi connectivity index (χ0) is 19.1. The Morgan fingerprint density at radius 3 is 2.75 bits per heavy atom. The van der Waals surface area contributed by atoms with Gasteiger partial charge in [0.2, 0.25) is 5.91 Å². The standard InChI is InChI=1S/C20H23N3O4.ClH/c1-26-16-6-4-5-14(11-16)22-20(25)17-7-2-3-8-18(17)23-19(24)12-15-13-27-10-9-21-15;/h2-8,11,15,21H,9-10,12-13H2,1H3,(H,22,25)(H,23,24);1H. The van der Waals surface area contributed by atoms with E-state index in [9.17, 15) is 9.59 Å². The number of benzene rings is 2. The van der Waals surface area contributed by atoms with Crippen LogP contribution in [0, 0.1) is 0 Å². The van der Waals surface area contributed by atoms with Gasteiger partial charge in [0.25, 0.3) is 5.91 Å². The molecule has 0 radical (unpaired) electrons. The number of carbonyl (C=O) groups is 2. The number of morpholine rings is 1. The van der Waals surface area contributed by atoms with Crippen LogP contribution in [0.3, 0.4) is 0 Å². The summed E-state index contributed by atoms with van der Waals surface area (Å²) in [6.45, 7) is 1.90. The van der Waals surface area contributed by atoms with Crippen molar-refractivity contribution in [3.05, 3.63) is 54.1 Å². The van der Waals surface area contributed by atoms with Crippen LogP contribution in [0.4, 0.5) is 11.4 Å². The number of halogens is 1. The van der Waals surface area contributed by atoms with E-state index in [1.807, 2.05) is 0 Å². The highest BCUT2D eigenvalue weighted by molar-refractivity contribution is 6.10. The van der Waals surface area contributed by atoms with Crippen LogP contribution in [-0.4, -0.2) is 44.7 Å². The fraction of sp³-hybridized carbons (Fsp3) is 0.300. The summed E-state index contributed by atoms with van der Waals surface area (Å²) < 4.78 is 10.5. The van der Waals surface area contributed by atoms with E-state index in [-0.39, 0.29) is 36.7 Å². The lowest BCUT2D eigenvalue weighted by atomic mass is 10.1. The molecule has 1 heterocycles. The van der Waals surface area contributed by atoms with Crippen LogP contribution in [0.5, 0.6) is 5.75 Å². The maximum Gasteiger partial charge on any atom is 0.257 e. The maximum absolute atomic E-state index is 12.7. The van der Waals surface area contributed by atoms with Crippen LogP contribution in [0.2, 0.25) is 0 Å². The summed E-state index contributed by atoms with van der Waals surface area (Å²) in [5.74, 6) is 0.175. The van der Waals surface area contributed by atoms with Crippen LogP contribution < -0.4 is 20.7 Å². The Morgan fingerprint density at radius 2 is 2.00 bits per heavy atom. The number of carbonyl (C=O) groups excluding carboxylic acids is 2. The van der Waals surface area contributed by atoms with Gasteiger partial charge < -0.3 is 25.4 Å². The van der Waals surface area contributed by atoms with Gasteiger partial charge in [-0.2, -0.15) is 0 Å². The number of nitrogens with one attached hydrogen (secondary N) is 3. The van der Waals surface area contributed by atoms with E-state index in [0.29, 0.717) is 35.9 Å². The van der Waals surface area contributed by atoms with Crippen molar-refractivity contribution in [3.63, 3.8) is 0 Å². The van der Waals surface area contributed by atoms with Gasteiger partial charge in [-0.1, -0.05) is 18.2 Å². The van der Waals surface area contributed by atoms with Crippen molar-refractivity contribution in [2.45, 2.75) is 12.5 Å². The molecule has 1 atom stereocenters. The number of hydrogen-bond donors (Lipinski definition) is 3. The van der Waals surface area contributed by atoms with E-state index in [4.69, 9.17) is 9.47 Å². The first-order valence-corrected chi connectivity index (χ1v) is 8.81. The summed E-state index contributed by atoms with van der Waals surface area (Å²) in [5.41, 5.74) is 1.48. The molecule has 3 rings (SSSR count). The minimum Gasteiger partial charge on any atom is -0.497 e. The normalized spacial score (nSPS) is 15.8. The molecule has 0 aromatic heterocycles. The second-order valence-corrected chi connectivity index (χ2v) is 6.21. The van der Waals surface area contributed by atoms with Gasteiger partial charge in [0.05, 0.1) is 31.6 Å². The predicted octanol–water partition coefficient (Wildman–Crippen LogP) is 2.69. The molecule has 1 unspecified atom stereocenters. The van der Waals surface area contributed by atoms with Gasteiger partial charge in [0.15, 0.2) is 0 Å². The van der Waals surface area contributed by atoms with Crippen molar-refractivity contribution in [1.29, 1.82) is 0 Å². The first kappa shape index (κ1) is 21.7. The topological polar surface area (TPSA) is 88.7 Å². The maximum atomic E-state index is 12.7. The molecule has 0 spiro atoms. The molecule has 1 aliphatic heterocycles. The van der Waals surface area contributed by atoms with Crippen molar-refractivity contribution >= 4 is 35.6 Å². The molecule has 28 heavy (non-hydrogen) atoms. The fourth-order valence-electron chi connectivity index (χ4n) is 2.87. The van der Waals surface area contributed by atoms with Crippen LogP contribution >= 0.6 is 12.4 Å². The summed E-state index contributed by atoms with van der Waals surface area (Å²) in [6.07, 6.45) is 0.284. The van der Waals surface area contributed by atoms with E-state index in [1.165, 1.54) is 0 Å². The van der Waals surface area contributed by atoms with Crippen LogP contribution in [0.1, 0.15) is 16.8 Å². The number of para-hydroxylation sites is 1. The number of rotatable bonds is 6. The van der Waals surface area contributed by atoms with Gasteiger partial charge in [-0.25, -0.2) is 0 Å². The zero-order valence-corrected chi connectivity index (χ0v) is 16.4. The lowest BCUT2D eigenvalue weighted by Crippen LogP contribution is -2.43. The number of methoxy groups -OCH3 is 1. The van der Waals surface area contributed by atoms with Crippen LogP contribution in [-0.2, 0) is 9.53 Å². The van der Waals surface area contributed by atoms with E-state index in [1.54, 1.807) is 55.6 Å². The van der Waals surface area contributed by atoms with Crippen LogP contribution in [0.25, 0.3) is 0 Å². The van der Waals surface area contributed by atoms with Gasteiger partial charge in [0.1, 0.15) is 5.75 Å². The second kappa shape index (κ2) is 10.7. The molecule has 150 valence electrons. The third-order valence-electron chi connectivity index (χ3n) is 4.20. The Morgan fingerprint density at radius 1 is 1.18 bits per heavy atom. The number of amides is 2. The van der Waals surface area contributed by atoms with Crippen molar-refractivity contribution < 1.29 is 19.1 Å². The van der Waals surface area contributed by atoms with Gasteiger partial charge >= 0.3 is 0 Å². The SMILES string of the molecule is COc1cccc(NC(=O)c2ccccc2NC(=O)CC2COCCN2)c1.Cl. The predicted molar refractivity (Wildman–Crippen MR) is 110 cm³/mol. The molecule has 1 aliphatic rings. The molecule has 1 fully saturated rings. The average Bonchev–Trinajstić information content (AvgIpc) is 2.69. The third kappa shape index (κ3) is 5.95. The molecule has 1 saturated heterocycles. The summed E-state index contributed by atoms with van der Waals surface area (Å²) >= 11 is 0. The van der Waals surface area contributed by atoms with E-state index < -0.39 is 0 Å². The summed E-state index contributed by atoms with van der Waals surface area (Å²) in [7, 11) is 1.57. The number of ether oxygens (including phenoxy) is 2. The minimum atomic E-state index is -0.307. The van der Waals surface area contributed by atoms with Gasteiger partial charge in [-0.15, -0.1) is 12.4 Å². The molecule has 0 aliphatic carbocycles. The highest BCUT2D eigenvalue weighted by Crippen LogP contribution is 2.20. The number of anilines is 2. The van der Waals surface area contributed by atoms with Crippen molar-refractivity contribution in [3.8, 4) is 5.75 Å². The Hall–Kier alpha value is -2.61. The molecule has 2 amide bonds. The minimum absolute atomic E-state index is 0. The molecule has 0 saturated carbocycles. The molecule has 3 N–H and O–H groups in total. The molecule has 2 aromatic carbocycles. The summed E-state index contributed by atoms with van der Waals surface area (Å²) in [6, 6.07) is 14.0. The summed E-state index contributed by atoms with van der Waals surface area (Å²) in [4.78, 5) is 25.0. The largest absolute Gasteiger partial charge is 0.497 e. The Bertz CT molecular complexity index is 810. The van der Waals surface area contributed by atoms with Gasteiger partial charge in [-0.3, -0.25) is 9.59 Å². The van der Waals surface area contributed by atoms with Crippen LogP contribution in [0.15, 0.2) is 48.5 Å². The Balaban J connectivity index is 0.00000280. The fourth-order valence-corrected chi connectivity index (χ4v) is 2.87. The highest BCUT2D eigenvalue weighted by atomic mass is 35.5. The molecule has 7 nitrogen and oxygen atoms in total. The molecular weight excluding hydrogens is 382 g/mol. The van der Waals surface area contributed by atoms with E-state index in [0.717, 1.165) is 6.54 Å². The molecular formula is C20H24ClN3O4.